The van der Waals surface area contributed by atoms with Crippen LogP contribution in [0.1, 0.15) is 41.5 Å². The number of cyclic esters (lactones) is 1. The van der Waals surface area contributed by atoms with Crippen LogP contribution >= 0.6 is 0 Å². The molecule has 212 valence electrons. The average molecular weight is 546 g/mol. The molecule has 15 nitrogen and oxygen atoms in total. The van der Waals surface area contributed by atoms with Gasteiger partial charge in [-0.3, -0.25) is 24.0 Å². The van der Waals surface area contributed by atoms with Gasteiger partial charge in [0.1, 0.15) is 18.8 Å². The molecule has 0 aromatic carbocycles. The van der Waals surface area contributed by atoms with Crippen LogP contribution in [0.5, 0.6) is 0 Å². The molecule has 3 heterocycles. The van der Waals surface area contributed by atoms with Gasteiger partial charge in [0.2, 0.25) is 18.2 Å². The molecule has 15 heteroatoms. The third-order valence-electron chi connectivity index (χ3n) is 5.58. The highest BCUT2D eigenvalue weighted by Gasteiger charge is 2.57. The van der Waals surface area contributed by atoms with Gasteiger partial charge in [0.15, 0.2) is 30.2 Å². The van der Waals surface area contributed by atoms with Crippen molar-refractivity contribution in [3.8, 4) is 0 Å². The molecule has 0 bridgehead atoms. The zero-order valence-corrected chi connectivity index (χ0v) is 21.7. The van der Waals surface area contributed by atoms with E-state index in [9.17, 15) is 28.8 Å². The Balaban J connectivity index is 1.90. The summed E-state index contributed by atoms with van der Waals surface area (Å²) < 4.78 is 48.4. The summed E-state index contributed by atoms with van der Waals surface area (Å²) in [6, 6.07) is 0. The smallest absolute Gasteiger partial charge is 0.344 e. The number of hydrogen-bond donors (Lipinski definition) is 0. The molecule has 0 spiro atoms. The van der Waals surface area contributed by atoms with Crippen molar-refractivity contribution in [1.29, 1.82) is 0 Å². The summed E-state index contributed by atoms with van der Waals surface area (Å²) >= 11 is 0. The summed E-state index contributed by atoms with van der Waals surface area (Å²) in [6.07, 6.45) is -11.7. The van der Waals surface area contributed by atoms with E-state index in [1.807, 2.05) is 0 Å². The first kappa shape index (κ1) is 29.4. The van der Waals surface area contributed by atoms with Crippen molar-refractivity contribution in [3.63, 3.8) is 0 Å². The highest BCUT2D eigenvalue weighted by molar-refractivity contribution is 6.09. The fraction of sp³-hybridized carbons (Fsp3) is 0.739. The molecule has 0 aromatic rings. The van der Waals surface area contributed by atoms with Gasteiger partial charge in [0.05, 0.1) is 6.61 Å². The Morgan fingerprint density at radius 1 is 0.868 bits per heavy atom. The minimum Gasteiger partial charge on any atom is -0.463 e. The average Bonchev–Trinajstić information content (AvgIpc) is 3.28. The molecular formula is C23H30O15. The van der Waals surface area contributed by atoms with Crippen molar-refractivity contribution < 1.29 is 71.4 Å². The second kappa shape index (κ2) is 11.7. The molecule has 3 fully saturated rings. The second-order valence-corrected chi connectivity index (χ2v) is 9.21. The molecule has 0 aliphatic carbocycles. The van der Waals surface area contributed by atoms with E-state index in [0.717, 1.165) is 27.7 Å². The SMILES string of the molecule is CC(=O)OC[C@H]1O[C@@H](OC2C(=O)O[C@H]([C@@H]3COC(C)(C)O3)C2=O)[C@H](OC(C)=O)[C@@H](OC(C)=O)[C@@H]1OC(C)=O. The fourth-order valence-electron chi connectivity index (χ4n) is 4.19. The van der Waals surface area contributed by atoms with Gasteiger partial charge in [-0.1, -0.05) is 0 Å². The van der Waals surface area contributed by atoms with Crippen LogP contribution in [0.25, 0.3) is 0 Å². The Kier molecular flexibility index (Phi) is 9.07. The number of esters is 5. The van der Waals surface area contributed by atoms with E-state index in [1.165, 1.54) is 0 Å². The van der Waals surface area contributed by atoms with Crippen molar-refractivity contribution in [2.24, 2.45) is 0 Å². The summed E-state index contributed by atoms with van der Waals surface area (Å²) in [6.45, 7) is 6.99. The molecule has 0 aromatic heterocycles. The lowest BCUT2D eigenvalue weighted by Gasteiger charge is -2.44. The third kappa shape index (κ3) is 7.03. The molecule has 8 atom stereocenters. The van der Waals surface area contributed by atoms with Crippen LogP contribution in [0.15, 0.2) is 0 Å². The van der Waals surface area contributed by atoms with E-state index in [1.54, 1.807) is 13.8 Å². The maximum atomic E-state index is 13.1. The van der Waals surface area contributed by atoms with Crippen LogP contribution in [-0.2, 0) is 71.4 Å². The minimum atomic E-state index is -1.84. The number of carbonyl (C=O) groups is 6. The van der Waals surface area contributed by atoms with E-state index in [4.69, 9.17) is 42.6 Å². The van der Waals surface area contributed by atoms with E-state index >= 15 is 0 Å². The summed E-state index contributed by atoms with van der Waals surface area (Å²) in [5.74, 6) is -6.14. The van der Waals surface area contributed by atoms with Gasteiger partial charge in [0.25, 0.3) is 0 Å². The van der Waals surface area contributed by atoms with Crippen LogP contribution in [0.4, 0.5) is 0 Å². The zero-order chi connectivity index (χ0) is 28.4. The van der Waals surface area contributed by atoms with Crippen LogP contribution in [0, 0.1) is 0 Å². The number of ether oxygens (including phenoxy) is 9. The lowest BCUT2D eigenvalue weighted by Crippen LogP contribution is -2.63. The van der Waals surface area contributed by atoms with Crippen LogP contribution in [0.2, 0.25) is 0 Å². The van der Waals surface area contributed by atoms with Gasteiger partial charge in [0, 0.05) is 27.7 Å². The minimum absolute atomic E-state index is 0.0253. The predicted octanol–water partition coefficient (Wildman–Crippen LogP) is -0.899. The number of Topliss-reactive ketones (excluding diaryl/α,β-unsaturated/α-hetero) is 1. The van der Waals surface area contributed by atoms with E-state index in [2.05, 4.69) is 0 Å². The molecule has 3 rings (SSSR count). The number of hydrogen-bond acceptors (Lipinski definition) is 15. The Morgan fingerprint density at radius 3 is 1.97 bits per heavy atom. The van der Waals surface area contributed by atoms with Crippen molar-refractivity contribution in [2.45, 2.75) is 96.3 Å². The highest BCUT2D eigenvalue weighted by Crippen LogP contribution is 2.33. The van der Waals surface area contributed by atoms with Crippen LogP contribution in [0.3, 0.4) is 0 Å². The van der Waals surface area contributed by atoms with Crippen molar-refractivity contribution in [1.82, 2.24) is 0 Å². The first-order valence-electron chi connectivity index (χ1n) is 11.7. The molecule has 3 aliphatic rings. The van der Waals surface area contributed by atoms with E-state index < -0.39 is 97.0 Å². The molecule has 0 saturated carbocycles. The standard InChI is InChI=1S/C23H30O15/c1-9(24)30-7-13-17(32-10(2)25)19(33-11(3)26)20(34-12(4)27)22(35-13)37-18-15(28)16(36-21(18)29)14-8-31-23(5,6)38-14/h13-14,16-20,22H,7-8H2,1-6H3/t13-,14+,16-,17-,18?,19+,20-,22+/m1/s1. The van der Waals surface area contributed by atoms with Crippen LogP contribution in [-0.4, -0.2) is 104 Å². The molecule has 0 amide bonds. The Labute approximate surface area is 217 Å². The predicted molar refractivity (Wildman–Crippen MR) is 117 cm³/mol. The first-order valence-corrected chi connectivity index (χ1v) is 11.7. The summed E-state index contributed by atoms with van der Waals surface area (Å²) in [5, 5.41) is 0. The Bertz CT molecular complexity index is 974. The molecule has 3 saturated heterocycles. The first-order chi connectivity index (χ1) is 17.7. The summed E-state index contributed by atoms with van der Waals surface area (Å²) in [7, 11) is 0. The fourth-order valence-corrected chi connectivity index (χ4v) is 4.19. The Hall–Kier alpha value is -3.14. The highest BCUT2D eigenvalue weighted by atomic mass is 16.8. The van der Waals surface area contributed by atoms with Crippen LogP contribution < -0.4 is 0 Å². The Morgan fingerprint density at radius 2 is 1.45 bits per heavy atom. The van der Waals surface area contributed by atoms with Gasteiger partial charge >= 0.3 is 29.8 Å². The topological polar surface area (TPSA) is 185 Å². The molecule has 1 unspecified atom stereocenters. The maximum absolute atomic E-state index is 13.1. The van der Waals surface area contributed by atoms with E-state index in [0.29, 0.717) is 0 Å². The third-order valence-corrected chi connectivity index (χ3v) is 5.58. The zero-order valence-electron chi connectivity index (χ0n) is 21.7. The second-order valence-electron chi connectivity index (χ2n) is 9.21. The molecule has 38 heavy (non-hydrogen) atoms. The van der Waals surface area contributed by atoms with Gasteiger partial charge < -0.3 is 42.6 Å². The summed E-state index contributed by atoms with van der Waals surface area (Å²) in [5.41, 5.74) is 0. The van der Waals surface area contributed by atoms with Gasteiger partial charge in [-0.25, -0.2) is 4.79 Å². The number of carbonyl (C=O) groups excluding carboxylic acids is 6. The molecular weight excluding hydrogens is 516 g/mol. The molecule has 0 radical (unpaired) electrons. The van der Waals surface area contributed by atoms with Gasteiger partial charge in [-0.2, -0.15) is 0 Å². The molecule has 3 aliphatic heterocycles. The van der Waals surface area contributed by atoms with Crippen molar-refractivity contribution in [3.05, 3.63) is 0 Å². The summed E-state index contributed by atoms with van der Waals surface area (Å²) in [4.78, 5) is 72.8. The lowest BCUT2D eigenvalue weighted by molar-refractivity contribution is -0.312. The van der Waals surface area contributed by atoms with Gasteiger partial charge in [-0.15, -0.1) is 0 Å². The quantitative estimate of drug-likeness (QED) is 0.207. The molecule has 0 N–H and O–H groups in total. The maximum Gasteiger partial charge on any atom is 0.344 e. The van der Waals surface area contributed by atoms with Crippen molar-refractivity contribution in [2.75, 3.05) is 13.2 Å². The number of ketones is 1. The number of rotatable bonds is 8. The van der Waals surface area contributed by atoms with Crippen molar-refractivity contribution >= 4 is 35.6 Å². The monoisotopic (exact) mass is 546 g/mol. The normalized spacial score (nSPS) is 34.3. The largest absolute Gasteiger partial charge is 0.463 e. The lowest BCUT2D eigenvalue weighted by atomic mass is 9.98. The van der Waals surface area contributed by atoms with Gasteiger partial charge in [-0.05, 0) is 13.8 Å². The van der Waals surface area contributed by atoms with E-state index in [-0.39, 0.29) is 6.61 Å².